The SMILES string of the molecule is N#CN=C(N1CCC1)N1CCP(=O)(c2cc(Cc3n[nH]c(=O)c4ccc(CN5CCP(=O)(c6cc(Cc7n[nH]c(=O)c8ccccc78)ccc6F)CC5)cc34)ccc2F)CC1. The Kier molecular flexibility index (Phi) is 11.0. The number of hydrogen-bond acceptors (Lipinski definition) is 9. The maximum Gasteiger partial charge on any atom is 0.272 e. The highest BCUT2D eigenvalue weighted by Crippen LogP contribution is 2.48. The summed E-state index contributed by atoms with van der Waals surface area (Å²) in [5, 5.41) is 25.8. The van der Waals surface area contributed by atoms with Gasteiger partial charge in [0.15, 0.2) is 0 Å². The van der Waals surface area contributed by atoms with Gasteiger partial charge in [-0.25, -0.2) is 19.0 Å². The van der Waals surface area contributed by atoms with E-state index in [9.17, 15) is 24.0 Å². The lowest BCUT2D eigenvalue weighted by Gasteiger charge is -2.41. The average molecular weight is 862 g/mol. The van der Waals surface area contributed by atoms with Gasteiger partial charge in [0.2, 0.25) is 12.2 Å². The standard InChI is InChI=1S/C44H43F2N9O4P2/c45-36-10-7-29(23-38-32-4-1-2-5-33(32)42(56)51-49-38)25-40(36)60(58)18-14-53(15-19-60)27-31-6-9-34-35(22-31)39(50-52-43(34)57)24-30-8-11-37(46)41(26-30)61(59)20-16-55(17-21-61)44(48-28-47)54-12-3-13-54/h1-2,4-11,22,25-26H,3,12-21,23-24,27H2,(H,51,56)(H,52,57). The zero-order valence-corrected chi connectivity index (χ0v) is 35.1. The van der Waals surface area contributed by atoms with E-state index in [1.54, 1.807) is 42.5 Å². The normalized spacial score (nSPS) is 18.0. The van der Waals surface area contributed by atoms with Crippen LogP contribution < -0.4 is 21.7 Å². The van der Waals surface area contributed by atoms with E-state index in [0.29, 0.717) is 95.9 Å². The molecule has 2 N–H and O–H groups in total. The van der Waals surface area contributed by atoms with Crippen LogP contribution in [0.15, 0.2) is 93.4 Å². The highest BCUT2D eigenvalue weighted by atomic mass is 31.2. The number of benzene rings is 4. The first-order valence-corrected chi connectivity index (χ1v) is 24.6. The summed E-state index contributed by atoms with van der Waals surface area (Å²) in [6.45, 7) is 3.91. The molecule has 2 aromatic heterocycles. The third-order valence-corrected chi connectivity index (χ3v) is 18.5. The summed E-state index contributed by atoms with van der Waals surface area (Å²) < 4.78 is 59.5. The molecule has 9 rings (SSSR count). The second kappa shape index (κ2) is 16.6. The van der Waals surface area contributed by atoms with Crippen molar-refractivity contribution < 1.29 is 17.9 Å². The first kappa shape index (κ1) is 40.6. The number of likely N-dealkylation sites (tertiary alicyclic amines) is 1. The fourth-order valence-electron chi connectivity index (χ4n) is 8.77. The van der Waals surface area contributed by atoms with E-state index in [1.807, 2.05) is 40.3 Å². The highest BCUT2D eigenvalue weighted by molar-refractivity contribution is 7.72. The van der Waals surface area contributed by atoms with Crippen LogP contribution in [0.4, 0.5) is 8.78 Å². The van der Waals surface area contributed by atoms with Gasteiger partial charge in [-0.15, -0.1) is 4.99 Å². The molecule has 0 saturated carbocycles. The number of H-pyrrole nitrogens is 2. The number of nitrogens with one attached hydrogen (secondary N) is 2. The molecule has 3 fully saturated rings. The zero-order valence-electron chi connectivity index (χ0n) is 33.3. The van der Waals surface area contributed by atoms with Gasteiger partial charge in [0.1, 0.15) is 25.9 Å². The predicted molar refractivity (Wildman–Crippen MR) is 233 cm³/mol. The molecule has 0 unspecified atom stereocenters. The Hall–Kier alpha value is -5.80. The maximum absolute atomic E-state index is 15.4. The van der Waals surface area contributed by atoms with Crippen molar-refractivity contribution in [3.63, 3.8) is 0 Å². The molecule has 3 saturated heterocycles. The second-order valence-corrected chi connectivity index (χ2v) is 22.4. The first-order chi connectivity index (χ1) is 29.5. The van der Waals surface area contributed by atoms with E-state index in [-0.39, 0.29) is 40.5 Å². The number of aliphatic imine (C=N–C) groups is 1. The van der Waals surface area contributed by atoms with E-state index in [0.717, 1.165) is 30.6 Å². The van der Waals surface area contributed by atoms with Gasteiger partial charge >= 0.3 is 0 Å². The highest BCUT2D eigenvalue weighted by Gasteiger charge is 2.36. The number of aromatic amines is 2. The van der Waals surface area contributed by atoms with Crippen molar-refractivity contribution >= 4 is 52.4 Å². The van der Waals surface area contributed by atoms with Crippen LogP contribution in [0, 0.1) is 23.1 Å². The Balaban J connectivity index is 0.890. The Morgan fingerprint density at radius 3 is 1.72 bits per heavy atom. The van der Waals surface area contributed by atoms with Crippen LogP contribution in [0.5, 0.6) is 0 Å². The van der Waals surface area contributed by atoms with Crippen LogP contribution in [0.25, 0.3) is 21.5 Å². The molecule has 0 aliphatic carbocycles. The van der Waals surface area contributed by atoms with Crippen molar-refractivity contribution in [1.29, 1.82) is 5.26 Å². The molecule has 0 spiro atoms. The van der Waals surface area contributed by atoms with E-state index < -0.39 is 25.9 Å². The lowest BCUT2D eigenvalue weighted by Crippen LogP contribution is -2.53. The number of halogens is 2. The molecule has 6 aromatic rings. The minimum atomic E-state index is -3.11. The Morgan fingerprint density at radius 1 is 0.656 bits per heavy atom. The minimum Gasteiger partial charge on any atom is -0.342 e. The quantitative estimate of drug-likeness (QED) is 0.0922. The third kappa shape index (κ3) is 8.08. The second-order valence-electron chi connectivity index (χ2n) is 16.1. The van der Waals surface area contributed by atoms with Crippen molar-refractivity contribution in [3.8, 4) is 6.19 Å². The van der Waals surface area contributed by atoms with Crippen molar-refractivity contribution in [2.24, 2.45) is 4.99 Å². The number of nitriles is 1. The van der Waals surface area contributed by atoms with E-state index in [2.05, 4.69) is 30.3 Å². The molecular formula is C44H43F2N9O4P2. The van der Waals surface area contributed by atoms with Crippen LogP contribution >= 0.6 is 14.3 Å². The van der Waals surface area contributed by atoms with E-state index in [1.165, 1.54) is 12.1 Å². The summed E-state index contributed by atoms with van der Waals surface area (Å²) in [6.07, 6.45) is 4.62. The largest absolute Gasteiger partial charge is 0.342 e. The first-order valence-electron chi connectivity index (χ1n) is 20.4. The Morgan fingerprint density at radius 2 is 1.16 bits per heavy atom. The van der Waals surface area contributed by atoms with Crippen molar-refractivity contribution in [1.82, 2.24) is 35.1 Å². The molecule has 3 aliphatic rings. The maximum atomic E-state index is 15.4. The Bertz CT molecular complexity index is 2970. The number of hydrogen-bond donors (Lipinski definition) is 2. The fourth-order valence-corrected chi connectivity index (χ4v) is 14.3. The van der Waals surface area contributed by atoms with Gasteiger partial charge in [0.05, 0.1) is 22.2 Å². The number of rotatable bonds is 8. The van der Waals surface area contributed by atoms with Crippen LogP contribution in [0.2, 0.25) is 0 Å². The van der Waals surface area contributed by atoms with Gasteiger partial charge in [-0.1, -0.05) is 36.4 Å². The van der Waals surface area contributed by atoms with Gasteiger partial charge < -0.3 is 18.9 Å². The molecule has 0 radical (unpaired) electrons. The van der Waals surface area contributed by atoms with Gasteiger partial charge in [0.25, 0.3) is 11.1 Å². The molecule has 17 heteroatoms. The van der Waals surface area contributed by atoms with Crippen molar-refractivity contribution in [2.45, 2.75) is 25.8 Å². The summed E-state index contributed by atoms with van der Waals surface area (Å²) >= 11 is 0. The lowest BCUT2D eigenvalue weighted by atomic mass is 10.0. The smallest absolute Gasteiger partial charge is 0.272 e. The Labute approximate surface area is 349 Å². The molecule has 61 heavy (non-hydrogen) atoms. The predicted octanol–water partition coefficient (Wildman–Crippen LogP) is 4.97. The van der Waals surface area contributed by atoms with Crippen LogP contribution in [-0.2, 0) is 28.5 Å². The van der Waals surface area contributed by atoms with E-state index >= 15 is 8.78 Å². The fraction of sp³-hybridized carbons (Fsp3) is 0.318. The lowest BCUT2D eigenvalue weighted by molar-refractivity contribution is 0.251. The zero-order chi connectivity index (χ0) is 42.3. The number of aromatic nitrogens is 4. The summed E-state index contributed by atoms with van der Waals surface area (Å²) in [4.78, 5) is 35.4. The molecule has 4 aromatic carbocycles. The van der Waals surface area contributed by atoms with Gasteiger partial charge in [-0.05, 0) is 65.6 Å². The molecule has 5 heterocycles. The van der Waals surface area contributed by atoms with Crippen LogP contribution in [-0.4, -0.2) is 105 Å². The summed E-state index contributed by atoms with van der Waals surface area (Å²) in [5.74, 6) is -0.424. The number of nitrogens with zero attached hydrogens (tertiary/aromatic N) is 7. The van der Waals surface area contributed by atoms with Crippen LogP contribution in [0.1, 0.15) is 34.5 Å². The van der Waals surface area contributed by atoms with Crippen molar-refractivity contribution in [3.05, 3.63) is 139 Å². The molecule has 0 atom stereocenters. The summed E-state index contributed by atoms with van der Waals surface area (Å²) in [7, 11) is -6.19. The molecule has 3 aliphatic heterocycles. The molecule has 312 valence electrons. The van der Waals surface area contributed by atoms with E-state index in [4.69, 9.17) is 0 Å². The average Bonchev–Trinajstić information content (AvgIpc) is 3.24. The van der Waals surface area contributed by atoms with Crippen molar-refractivity contribution in [2.75, 3.05) is 63.9 Å². The summed E-state index contributed by atoms with van der Waals surface area (Å²) in [6, 6.07) is 22.1. The molecular weight excluding hydrogens is 818 g/mol. The van der Waals surface area contributed by atoms with Gasteiger partial charge in [0, 0.05) is 105 Å². The summed E-state index contributed by atoms with van der Waals surface area (Å²) in [5.41, 5.74) is 2.97. The minimum absolute atomic E-state index is 0.204. The molecule has 0 bridgehead atoms. The molecule has 13 nitrogen and oxygen atoms in total. The third-order valence-electron chi connectivity index (χ3n) is 12.3. The number of guanidine groups is 1. The topological polar surface area (TPSA) is 172 Å². The van der Waals surface area contributed by atoms with Gasteiger partial charge in [-0.3, -0.25) is 14.5 Å². The number of fused-ring (bicyclic) bond motifs is 2. The monoisotopic (exact) mass is 861 g/mol. The van der Waals surface area contributed by atoms with Crippen LogP contribution in [0.3, 0.4) is 0 Å². The molecule has 0 amide bonds. The van der Waals surface area contributed by atoms with Gasteiger partial charge in [-0.2, -0.15) is 15.5 Å².